The average molecular weight is 248 g/mol. The highest BCUT2D eigenvalue weighted by Crippen LogP contribution is 2.33. The van der Waals surface area contributed by atoms with E-state index in [4.69, 9.17) is 9.52 Å². The third-order valence-electron chi connectivity index (χ3n) is 3.20. The standard InChI is InChI=1S/C13H12O5/c1-5-6(2)11-8(7(3)10(5)14)4-9(12(15)16)13(17)18-11/h4,14H,1-3H3,(H,15,16). The van der Waals surface area contributed by atoms with Gasteiger partial charge in [-0.25, -0.2) is 9.59 Å². The molecule has 2 N–H and O–H groups in total. The van der Waals surface area contributed by atoms with E-state index in [0.717, 1.165) is 0 Å². The molecule has 0 saturated carbocycles. The fourth-order valence-corrected chi connectivity index (χ4v) is 1.93. The molecule has 0 spiro atoms. The van der Waals surface area contributed by atoms with Gasteiger partial charge in [0.15, 0.2) is 0 Å². The van der Waals surface area contributed by atoms with Crippen molar-refractivity contribution in [2.75, 3.05) is 0 Å². The van der Waals surface area contributed by atoms with Crippen LogP contribution in [0.25, 0.3) is 11.0 Å². The van der Waals surface area contributed by atoms with Crippen molar-refractivity contribution < 1.29 is 19.4 Å². The van der Waals surface area contributed by atoms with Crippen LogP contribution in [-0.2, 0) is 0 Å². The van der Waals surface area contributed by atoms with Crippen LogP contribution in [0.3, 0.4) is 0 Å². The summed E-state index contributed by atoms with van der Waals surface area (Å²) in [4.78, 5) is 22.4. The summed E-state index contributed by atoms with van der Waals surface area (Å²) < 4.78 is 5.05. The summed E-state index contributed by atoms with van der Waals surface area (Å²) in [7, 11) is 0. The van der Waals surface area contributed by atoms with Crippen molar-refractivity contribution in [2.24, 2.45) is 0 Å². The maximum atomic E-state index is 11.5. The number of aromatic carboxylic acids is 1. The third kappa shape index (κ3) is 1.55. The zero-order valence-corrected chi connectivity index (χ0v) is 10.2. The molecule has 1 aromatic heterocycles. The number of benzene rings is 1. The maximum absolute atomic E-state index is 11.5. The lowest BCUT2D eigenvalue weighted by Crippen LogP contribution is -2.13. The van der Waals surface area contributed by atoms with Crippen molar-refractivity contribution in [3.8, 4) is 5.75 Å². The topological polar surface area (TPSA) is 87.7 Å². The van der Waals surface area contributed by atoms with E-state index >= 15 is 0 Å². The Kier molecular flexibility index (Phi) is 2.62. The molecule has 1 heterocycles. The maximum Gasteiger partial charge on any atom is 0.351 e. The normalized spacial score (nSPS) is 10.8. The summed E-state index contributed by atoms with van der Waals surface area (Å²) in [5.74, 6) is -1.26. The van der Waals surface area contributed by atoms with Crippen LogP contribution in [0.1, 0.15) is 27.0 Å². The van der Waals surface area contributed by atoms with Crippen LogP contribution < -0.4 is 5.63 Å². The van der Waals surface area contributed by atoms with Crippen LogP contribution in [0.5, 0.6) is 5.75 Å². The molecule has 5 nitrogen and oxygen atoms in total. The van der Waals surface area contributed by atoms with Crippen molar-refractivity contribution in [2.45, 2.75) is 20.8 Å². The molecule has 94 valence electrons. The molecule has 18 heavy (non-hydrogen) atoms. The van der Waals surface area contributed by atoms with Gasteiger partial charge in [-0.15, -0.1) is 0 Å². The van der Waals surface area contributed by atoms with Crippen LogP contribution in [0.4, 0.5) is 0 Å². The van der Waals surface area contributed by atoms with Gasteiger partial charge in [-0.3, -0.25) is 0 Å². The molecule has 2 aromatic rings. The molecule has 0 bridgehead atoms. The fourth-order valence-electron chi connectivity index (χ4n) is 1.93. The number of phenolic OH excluding ortho intramolecular Hbond substituents is 1. The fraction of sp³-hybridized carbons (Fsp3) is 0.231. The van der Waals surface area contributed by atoms with Crippen LogP contribution in [0.15, 0.2) is 15.3 Å². The zero-order valence-electron chi connectivity index (χ0n) is 10.2. The van der Waals surface area contributed by atoms with Crippen molar-refractivity contribution in [1.82, 2.24) is 0 Å². The van der Waals surface area contributed by atoms with E-state index in [9.17, 15) is 14.7 Å². The summed E-state index contributed by atoms with van der Waals surface area (Å²) in [6, 6.07) is 1.24. The van der Waals surface area contributed by atoms with Gasteiger partial charge in [0, 0.05) is 10.9 Å². The molecule has 1 aromatic carbocycles. The number of rotatable bonds is 1. The Hall–Kier alpha value is -2.30. The van der Waals surface area contributed by atoms with Gasteiger partial charge in [0.1, 0.15) is 16.9 Å². The van der Waals surface area contributed by atoms with Gasteiger partial charge in [-0.1, -0.05) is 0 Å². The van der Waals surface area contributed by atoms with Crippen LogP contribution in [0.2, 0.25) is 0 Å². The van der Waals surface area contributed by atoms with Gasteiger partial charge in [0.2, 0.25) is 0 Å². The second-order valence-electron chi connectivity index (χ2n) is 4.22. The van der Waals surface area contributed by atoms with E-state index in [-0.39, 0.29) is 5.75 Å². The lowest BCUT2D eigenvalue weighted by molar-refractivity contribution is 0.0692. The highest BCUT2D eigenvalue weighted by Gasteiger charge is 2.18. The number of phenols is 1. The molecule has 0 atom stereocenters. The number of aromatic hydroxyl groups is 1. The molecule has 0 unspecified atom stereocenters. The molecule has 0 aliphatic carbocycles. The Morgan fingerprint density at radius 2 is 1.78 bits per heavy atom. The molecule has 2 rings (SSSR count). The van der Waals surface area contributed by atoms with Crippen LogP contribution in [-0.4, -0.2) is 16.2 Å². The summed E-state index contributed by atoms with van der Waals surface area (Å²) in [5.41, 5.74) is 0.737. The first-order valence-corrected chi connectivity index (χ1v) is 5.34. The summed E-state index contributed by atoms with van der Waals surface area (Å²) in [6.07, 6.45) is 0. The largest absolute Gasteiger partial charge is 0.507 e. The lowest BCUT2D eigenvalue weighted by atomic mass is 9.99. The van der Waals surface area contributed by atoms with Gasteiger partial charge < -0.3 is 14.6 Å². The minimum Gasteiger partial charge on any atom is -0.507 e. The predicted octanol–water partition coefficient (Wildman–Crippen LogP) is 2.12. The number of fused-ring (bicyclic) bond motifs is 1. The number of hydrogen-bond acceptors (Lipinski definition) is 4. The second-order valence-corrected chi connectivity index (χ2v) is 4.22. The van der Waals surface area contributed by atoms with E-state index in [1.165, 1.54) is 6.07 Å². The molecule has 0 amide bonds. The molecule has 5 heteroatoms. The molecule has 0 aliphatic rings. The lowest BCUT2D eigenvalue weighted by Gasteiger charge is -2.11. The molecule has 0 radical (unpaired) electrons. The number of aryl methyl sites for hydroxylation is 2. The Morgan fingerprint density at radius 3 is 2.33 bits per heavy atom. The second kappa shape index (κ2) is 3.87. The monoisotopic (exact) mass is 248 g/mol. The molecule has 0 fully saturated rings. The Labute approximate surface area is 102 Å². The smallest absolute Gasteiger partial charge is 0.351 e. The summed E-state index contributed by atoms with van der Waals surface area (Å²) in [5, 5.41) is 19.2. The summed E-state index contributed by atoms with van der Waals surface area (Å²) >= 11 is 0. The summed E-state index contributed by atoms with van der Waals surface area (Å²) in [6.45, 7) is 5.07. The molecule has 0 saturated heterocycles. The van der Waals surface area contributed by atoms with E-state index in [2.05, 4.69) is 0 Å². The van der Waals surface area contributed by atoms with E-state index in [1.807, 2.05) is 0 Å². The number of carbonyl (C=O) groups is 1. The Balaban J connectivity index is 3.03. The van der Waals surface area contributed by atoms with Gasteiger partial charge >= 0.3 is 11.6 Å². The first-order chi connectivity index (χ1) is 8.34. The van der Waals surface area contributed by atoms with Gasteiger partial charge in [-0.2, -0.15) is 0 Å². The minimum atomic E-state index is -1.34. The molecular formula is C13H12O5. The van der Waals surface area contributed by atoms with E-state index < -0.39 is 17.2 Å². The first-order valence-electron chi connectivity index (χ1n) is 5.34. The van der Waals surface area contributed by atoms with Gasteiger partial charge in [-0.05, 0) is 38.0 Å². The highest BCUT2D eigenvalue weighted by atomic mass is 16.4. The zero-order chi connectivity index (χ0) is 13.6. The Bertz CT molecular complexity index is 724. The molecular weight excluding hydrogens is 236 g/mol. The first kappa shape index (κ1) is 12.2. The average Bonchev–Trinajstić information content (AvgIpc) is 2.33. The third-order valence-corrected chi connectivity index (χ3v) is 3.20. The number of carboxylic acids is 1. The van der Waals surface area contributed by atoms with Crippen molar-refractivity contribution >= 4 is 16.9 Å². The van der Waals surface area contributed by atoms with Crippen LogP contribution >= 0.6 is 0 Å². The predicted molar refractivity (Wildman–Crippen MR) is 65.3 cm³/mol. The van der Waals surface area contributed by atoms with Crippen molar-refractivity contribution in [1.29, 1.82) is 0 Å². The van der Waals surface area contributed by atoms with Crippen molar-refractivity contribution in [3.05, 3.63) is 38.7 Å². The SMILES string of the molecule is Cc1c(O)c(C)c2cc(C(=O)O)c(=O)oc2c1C. The van der Waals surface area contributed by atoms with Gasteiger partial charge in [0.05, 0.1) is 0 Å². The number of hydrogen-bond donors (Lipinski definition) is 2. The van der Waals surface area contributed by atoms with Crippen molar-refractivity contribution in [3.63, 3.8) is 0 Å². The molecule has 0 aliphatic heterocycles. The van der Waals surface area contributed by atoms with E-state index in [0.29, 0.717) is 27.7 Å². The highest BCUT2D eigenvalue weighted by molar-refractivity contribution is 5.94. The quantitative estimate of drug-likeness (QED) is 0.755. The minimum absolute atomic E-state index is 0.0881. The number of carboxylic acid groups (broad SMARTS) is 1. The van der Waals surface area contributed by atoms with Crippen LogP contribution in [0, 0.1) is 20.8 Å². The van der Waals surface area contributed by atoms with Gasteiger partial charge in [0.25, 0.3) is 0 Å². The Morgan fingerprint density at radius 1 is 1.17 bits per heavy atom. The van der Waals surface area contributed by atoms with E-state index in [1.54, 1.807) is 20.8 Å².